The van der Waals surface area contributed by atoms with Gasteiger partial charge in [-0.3, -0.25) is 14.5 Å². The molecule has 2 N–H and O–H groups in total. The molecule has 1 unspecified atom stereocenters. The van der Waals surface area contributed by atoms with Gasteiger partial charge in [-0.1, -0.05) is 91.0 Å². The minimum atomic E-state index is -1.16. The number of benzene rings is 3. The summed E-state index contributed by atoms with van der Waals surface area (Å²) in [6, 6.07) is 24.9. The highest BCUT2D eigenvalue weighted by Crippen LogP contribution is 2.42. The lowest BCUT2D eigenvalue weighted by Crippen LogP contribution is -2.71. The van der Waals surface area contributed by atoms with Crippen LogP contribution in [-0.2, 0) is 33.4 Å². The number of hydrogen-bond acceptors (Lipinski definition) is 9. The molecule has 2 aliphatic rings. The normalized spacial score (nSPS) is 17.8. The van der Waals surface area contributed by atoms with Gasteiger partial charge in [0, 0.05) is 11.8 Å². The number of alkyl carbamates (subject to hydrolysis) is 1. The smallest absolute Gasteiger partial charge is 0.408 e. The number of esters is 2. The van der Waals surface area contributed by atoms with Crippen LogP contribution in [0, 0.1) is 0 Å². The van der Waals surface area contributed by atoms with Crippen LogP contribution in [0.1, 0.15) is 56.5 Å². The van der Waals surface area contributed by atoms with E-state index in [9.17, 15) is 24.0 Å². The quantitative estimate of drug-likeness (QED) is 0.117. The van der Waals surface area contributed by atoms with Gasteiger partial charge >= 0.3 is 18.0 Å². The average Bonchev–Trinajstić information content (AvgIpc) is 3.10. The monoisotopic (exact) mass is 697 g/mol. The first-order valence-corrected chi connectivity index (χ1v) is 17.2. The summed E-state index contributed by atoms with van der Waals surface area (Å²) in [7, 11) is 0. The van der Waals surface area contributed by atoms with Crippen LogP contribution < -0.4 is 10.6 Å². The Morgan fingerprint density at radius 2 is 1.46 bits per heavy atom. The Kier molecular flexibility index (Phi) is 11.4. The molecule has 260 valence electrons. The Hall–Kier alpha value is -5.36. The summed E-state index contributed by atoms with van der Waals surface area (Å²) in [5.74, 6) is -2.33. The molecule has 3 atom stereocenters. The van der Waals surface area contributed by atoms with E-state index in [2.05, 4.69) is 10.6 Å². The van der Waals surface area contributed by atoms with Crippen LogP contribution in [0.15, 0.2) is 114 Å². The van der Waals surface area contributed by atoms with Crippen molar-refractivity contribution in [3.8, 4) is 0 Å². The highest BCUT2D eigenvalue weighted by atomic mass is 32.2. The van der Waals surface area contributed by atoms with E-state index in [-0.39, 0.29) is 18.1 Å². The third-order valence-corrected chi connectivity index (χ3v) is 8.98. The lowest BCUT2D eigenvalue weighted by Gasteiger charge is -2.49. The van der Waals surface area contributed by atoms with Gasteiger partial charge in [-0.2, -0.15) is 0 Å². The van der Waals surface area contributed by atoms with Gasteiger partial charge in [-0.05, 0) is 56.0 Å². The number of carbonyl (C=O) groups excluding carboxylic acids is 5. The fraction of sp³-hybridized carbons (Fsp3) is 0.289. The van der Waals surface area contributed by atoms with Gasteiger partial charge in [0.2, 0.25) is 5.91 Å². The van der Waals surface area contributed by atoms with Crippen LogP contribution in [0.5, 0.6) is 0 Å². The van der Waals surface area contributed by atoms with Crippen molar-refractivity contribution in [2.75, 3.05) is 12.4 Å². The van der Waals surface area contributed by atoms with Crippen molar-refractivity contribution >= 4 is 41.6 Å². The van der Waals surface area contributed by atoms with Gasteiger partial charge in [-0.25, -0.2) is 14.4 Å². The van der Waals surface area contributed by atoms with Gasteiger partial charge in [0.1, 0.15) is 28.8 Å². The number of allylic oxidation sites excluding steroid dienone is 1. The van der Waals surface area contributed by atoms with Crippen LogP contribution in [0.3, 0.4) is 0 Å². The molecule has 2 aliphatic heterocycles. The predicted octanol–water partition coefficient (Wildman–Crippen LogP) is 5.36. The maximum absolute atomic E-state index is 14.1. The summed E-state index contributed by atoms with van der Waals surface area (Å²) in [4.78, 5) is 67.9. The summed E-state index contributed by atoms with van der Waals surface area (Å²) in [5.41, 5.74) is 1.48. The van der Waals surface area contributed by atoms with Crippen molar-refractivity contribution in [3.63, 3.8) is 0 Å². The third kappa shape index (κ3) is 8.61. The highest BCUT2D eigenvalue weighted by molar-refractivity contribution is 8.00. The second kappa shape index (κ2) is 15.9. The fourth-order valence-corrected chi connectivity index (χ4v) is 6.79. The molecule has 0 radical (unpaired) electrons. The molecule has 5 rings (SSSR count). The first kappa shape index (κ1) is 35.9. The predicted molar refractivity (Wildman–Crippen MR) is 187 cm³/mol. The number of carbonyl (C=O) groups is 5. The average molecular weight is 698 g/mol. The molecule has 0 aromatic heterocycles. The standard InChI is InChI=1S/C38H39N3O8S/c1-5-47-28(42)22-21-27-23-50-35-30(39-33(43)29(24-15-9-6-10-16-24)40-37(46)49-38(2,3)4)34(44)41(35)31(27)36(45)48-32(25-17-11-7-12-18-25)26-19-13-8-14-20-26/h6-22,29-30,32,35H,5,23H2,1-4H3,(H,39,43)(H,40,46)/t29?,30-,35+/m1/s1. The molecule has 12 heteroatoms. The zero-order valence-electron chi connectivity index (χ0n) is 28.2. The Labute approximate surface area is 295 Å². The largest absolute Gasteiger partial charge is 0.463 e. The van der Waals surface area contributed by atoms with Gasteiger partial charge in [-0.15, -0.1) is 11.8 Å². The lowest BCUT2D eigenvalue weighted by atomic mass is 9.99. The van der Waals surface area contributed by atoms with E-state index in [0.29, 0.717) is 11.1 Å². The number of ether oxygens (including phenoxy) is 3. The summed E-state index contributed by atoms with van der Waals surface area (Å²) >= 11 is 1.31. The molecule has 0 bridgehead atoms. The van der Waals surface area contributed by atoms with Crippen LogP contribution in [-0.4, -0.2) is 64.1 Å². The third-order valence-electron chi connectivity index (χ3n) is 7.68. The second-order valence-electron chi connectivity index (χ2n) is 12.5. The van der Waals surface area contributed by atoms with Crippen molar-refractivity contribution in [3.05, 3.63) is 131 Å². The first-order valence-electron chi connectivity index (χ1n) is 16.1. The molecule has 2 heterocycles. The number of amides is 3. The first-order chi connectivity index (χ1) is 24.0. The second-order valence-corrected chi connectivity index (χ2v) is 13.6. The Balaban J connectivity index is 1.42. The minimum absolute atomic E-state index is 0.0341. The van der Waals surface area contributed by atoms with Crippen LogP contribution >= 0.6 is 11.8 Å². The molecule has 0 saturated carbocycles. The maximum atomic E-state index is 14.1. The van der Waals surface area contributed by atoms with Crippen molar-refractivity contribution in [1.82, 2.24) is 15.5 Å². The Morgan fingerprint density at radius 1 is 0.900 bits per heavy atom. The summed E-state index contributed by atoms with van der Waals surface area (Å²) < 4.78 is 16.6. The molecule has 3 aromatic carbocycles. The topological polar surface area (TPSA) is 140 Å². The minimum Gasteiger partial charge on any atom is -0.463 e. The fourth-order valence-electron chi connectivity index (χ4n) is 5.47. The zero-order valence-corrected chi connectivity index (χ0v) is 29.0. The Morgan fingerprint density at radius 3 is 2.00 bits per heavy atom. The van der Waals surface area contributed by atoms with E-state index in [1.54, 1.807) is 58.0 Å². The van der Waals surface area contributed by atoms with Crippen LogP contribution in [0.25, 0.3) is 0 Å². The number of rotatable bonds is 11. The molecular formula is C38H39N3O8S. The number of fused-ring (bicyclic) bond motifs is 1. The van der Waals surface area contributed by atoms with Gasteiger partial charge in [0.05, 0.1) is 6.61 Å². The van der Waals surface area contributed by atoms with E-state index in [4.69, 9.17) is 14.2 Å². The van der Waals surface area contributed by atoms with Crippen molar-refractivity contribution in [1.29, 1.82) is 0 Å². The van der Waals surface area contributed by atoms with Gasteiger partial charge in [0.25, 0.3) is 5.91 Å². The number of nitrogens with zero attached hydrogens (tertiary/aromatic N) is 1. The molecular weight excluding hydrogens is 658 g/mol. The summed E-state index contributed by atoms with van der Waals surface area (Å²) in [6.07, 6.45) is 1.06. The Bertz CT molecular complexity index is 1730. The van der Waals surface area contributed by atoms with Crippen molar-refractivity contribution < 1.29 is 38.2 Å². The molecule has 0 aliphatic carbocycles. The van der Waals surface area contributed by atoms with E-state index in [1.807, 2.05) is 60.7 Å². The van der Waals surface area contributed by atoms with Gasteiger partial charge < -0.3 is 24.8 Å². The lowest BCUT2D eigenvalue weighted by molar-refractivity contribution is -0.154. The molecule has 3 aromatic rings. The van der Waals surface area contributed by atoms with Crippen LogP contribution in [0.2, 0.25) is 0 Å². The van der Waals surface area contributed by atoms with Crippen LogP contribution in [0.4, 0.5) is 4.79 Å². The molecule has 50 heavy (non-hydrogen) atoms. The molecule has 11 nitrogen and oxygen atoms in total. The van der Waals surface area contributed by atoms with Gasteiger partial charge in [0.15, 0.2) is 6.10 Å². The van der Waals surface area contributed by atoms with E-state index >= 15 is 0 Å². The van der Waals surface area contributed by atoms with E-state index in [1.165, 1.54) is 28.8 Å². The SMILES string of the molecule is CCOC(=O)C=CC1=C(C(=O)OC(c2ccccc2)c2ccccc2)N2C(=O)[C@@H](NC(=O)C(NC(=O)OC(C)(C)C)c3ccccc3)[C@@H]2SC1. The van der Waals surface area contributed by atoms with Crippen molar-refractivity contribution in [2.24, 2.45) is 0 Å². The molecule has 3 amide bonds. The number of hydrogen-bond donors (Lipinski definition) is 2. The molecule has 1 saturated heterocycles. The highest BCUT2D eigenvalue weighted by Gasteiger charge is 2.55. The number of thioether (sulfide) groups is 1. The molecule has 1 fully saturated rings. The summed E-state index contributed by atoms with van der Waals surface area (Å²) in [5, 5.41) is 4.72. The summed E-state index contributed by atoms with van der Waals surface area (Å²) in [6.45, 7) is 6.98. The van der Waals surface area contributed by atoms with Crippen molar-refractivity contribution in [2.45, 2.75) is 56.9 Å². The number of nitrogens with one attached hydrogen (secondary N) is 2. The number of β-lactam (4-membered cyclic amide) rings is 1. The van der Waals surface area contributed by atoms with E-state index < -0.39 is 59.0 Å². The zero-order chi connectivity index (χ0) is 35.8. The maximum Gasteiger partial charge on any atom is 0.408 e. The molecule has 0 spiro atoms. The van der Waals surface area contributed by atoms with E-state index in [0.717, 1.165) is 11.1 Å².